The SMILES string of the molecule is CCc1ccc(N2C(=O)/C(=C/c3cc(OC)c(OCc4ccc(C)cc4)cc3Br)N(CC(=O)OC)C2=S)cc1. The first-order chi connectivity index (χ1) is 18.7. The van der Waals surface area contributed by atoms with Crippen LogP contribution in [0.3, 0.4) is 0 Å². The molecule has 1 amide bonds. The molecular weight excluding hydrogens is 580 g/mol. The standard InChI is InChI=1S/C30H29BrN2O5S/c1-5-20-10-12-23(13-11-20)33-29(35)25(32(30(33)39)17-28(34)37-4)14-22-15-26(36-3)27(16-24(22)31)38-18-21-8-6-19(2)7-9-21/h6-16H,5,17-18H2,1-4H3/b25-14-. The number of aryl methyl sites for hydroxylation is 2. The van der Waals surface area contributed by atoms with Crippen molar-refractivity contribution in [2.45, 2.75) is 26.9 Å². The number of rotatable bonds is 9. The van der Waals surface area contributed by atoms with Crippen LogP contribution in [0.5, 0.6) is 11.5 Å². The van der Waals surface area contributed by atoms with Gasteiger partial charge in [-0.1, -0.05) is 64.8 Å². The van der Waals surface area contributed by atoms with Crippen LogP contribution in [0.25, 0.3) is 6.08 Å². The predicted molar refractivity (Wildman–Crippen MR) is 159 cm³/mol. The van der Waals surface area contributed by atoms with Crippen molar-refractivity contribution >= 4 is 56.9 Å². The van der Waals surface area contributed by atoms with E-state index in [1.54, 1.807) is 25.3 Å². The van der Waals surface area contributed by atoms with E-state index >= 15 is 0 Å². The normalized spacial score (nSPS) is 14.2. The van der Waals surface area contributed by atoms with Gasteiger partial charge in [-0.2, -0.15) is 0 Å². The van der Waals surface area contributed by atoms with Crippen molar-refractivity contribution in [1.82, 2.24) is 4.90 Å². The summed E-state index contributed by atoms with van der Waals surface area (Å²) < 4.78 is 17.2. The first kappa shape index (κ1) is 28.3. The molecule has 3 aromatic carbocycles. The van der Waals surface area contributed by atoms with Crippen LogP contribution in [-0.2, 0) is 27.4 Å². The summed E-state index contributed by atoms with van der Waals surface area (Å²) in [6.07, 6.45) is 2.55. The number of carbonyl (C=O) groups excluding carboxylic acids is 2. The highest BCUT2D eigenvalue weighted by Gasteiger charge is 2.40. The Kier molecular flexibility index (Phi) is 9.04. The smallest absolute Gasteiger partial charge is 0.325 e. The quantitative estimate of drug-likeness (QED) is 0.166. The Hall–Kier alpha value is -3.69. The number of thiocarbonyl (C=S) groups is 1. The maximum atomic E-state index is 13.7. The maximum absolute atomic E-state index is 13.7. The van der Waals surface area contributed by atoms with Gasteiger partial charge in [-0.3, -0.25) is 14.5 Å². The highest BCUT2D eigenvalue weighted by molar-refractivity contribution is 9.10. The molecule has 0 aliphatic carbocycles. The molecule has 0 bridgehead atoms. The Bertz CT molecular complexity index is 1420. The fourth-order valence-electron chi connectivity index (χ4n) is 4.06. The summed E-state index contributed by atoms with van der Waals surface area (Å²) in [4.78, 5) is 28.8. The lowest BCUT2D eigenvalue weighted by Crippen LogP contribution is -2.35. The Morgan fingerprint density at radius 3 is 2.28 bits per heavy atom. The highest BCUT2D eigenvalue weighted by Crippen LogP contribution is 2.37. The minimum atomic E-state index is -0.518. The van der Waals surface area contributed by atoms with E-state index in [-0.39, 0.29) is 23.3 Å². The van der Waals surface area contributed by atoms with Crippen molar-refractivity contribution < 1.29 is 23.8 Å². The molecule has 9 heteroatoms. The average Bonchev–Trinajstić information content (AvgIpc) is 3.17. The van der Waals surface area contributed by atoms with E-state index in [4.69, 9.17) is 26.4 Å². The molecule has 0 atom stereocenters. The number of hydrogen-bond acceptors (Lipinski definition) is 6. The summed E-state index contributed by atoms with van der Waals surface area (Å²) in [5.41, 5.74) is 4.85. The topological polar surface area (TPSA) is 68.3 Å². The number of nitrogens with zero attached hydrogens (tertiary/aromatic N) is 2. The maximum Gasteiger partial charge on any atom is 0.325 e. The molecule has 1 heterocycles. The number of ether oxygens (including phenoxy) is 3. The zero-order chi connectivity index (χ0) is 28.1. The second-order valence-corrected chi connectivity index (χ2v) is 10.2. The first-order valence-corrected chi connectivity index (χ1v) is 13.5. The van der Waals surface area contributed by atoms with Crippen molar-refractivity contribution in [3.63, 3.8) is 0 Å². The number of carbonyl (C=O) groups is 2. The lowest BCUT2D eigenvalue weighted by molar-refractivity contribution is -0.140. The summed E-state index contributed by atoms with van der Waals surface area (Å²) in [5.74, 6) is 0.176. The van der Waals surface area contributed by atoms with Crippen molar-refractivity contribution in [3.8, 4) is 11.5 Å². The number of esters is 1. The van der Waals surface area contributed by atoms with Gasteiger partial charge in [0, 0.05) is 4.47 Å². The van der Waals surface area contributed by atoms with Gasteiger partial charge in [-0.15, -0.1) is 0 Å². The van der Waals surface area contributed by atoms with Crippen LogP contribution >= 0.6 is 28.1 Å². The van der Waals surface area contributed by atoms with E-state index in [2.05, 4.69) is 22.9 Å². The van der Waals surface area contributed by atoms with Crippen molar-refractivity contribution in [2.75, 3.05) is 25.7 Å². The molecule has 1 aliphatic rings. The van der Waals surface area contributed by atoms with Gasteiger partial charge in [-0.25, -0.2) is 0 Å². The molecule has 0 spiro atoms. The predicted octanol–water partition coefficient (Wildman–Crippen LogP) is 6.06. The van der Waals surface area contributed by atoms with Gasteiger partial charge in [-0.05, 0) is 72.6 Å². The zero-order valence-corrected chi connectivity index (χ0v) is 24.6. The van der Waals surface area contributed by atoms with Crippen LogP contribution in [0.4, 0.5) is 5.69 Å². The van der Waals surface area contributed by atoms with Crippen molar-refractivity contribution in [1.29, 1.82) is 0 Å². The lowest BCUT2D eigenvalue weighted by Gasteiger charge is -2.19. The number of methoxy groups -OCH3 is 2. The third kappa shape index (κ3) is 6.32. The molecule has 39 heavy (non-hydrogen) atoms. The third-order valence-corrected chi connectivity index (χ3v) is 7.43. The van der Waals surface area contributed by atoms with E-state index in [0.717, 1.165) is 17.5 Å². The van der Waals surface area contributed by atoms with Gasteiger partial charge in [0.15, 0.2) is 16.6 Å². The summed E-state index contributed by atoms with van der Waals surface area (Å²) in [6, 6.07) is 19.3. The summed E-state index contributed by atoms with van der Waals surface area (Å²) in [7, 11) is 2.85. The largest absolute Gasteiger partial charge is 0.493 e. The Morgan fingerprint density at radius 1 is 1.00 bits per heavy atom. The molecule has 1 aliphatic heterocycles. The number of anilines is 1. The number of hydrogen-bond donors (Lipinski definition) is 0. The Morgan fingerprint density at radius 2 is 1.67 bits per heavy atom. The molecule has 0 unspecified atom stereocenters. The van der Waals surface area contributed by atoms with Crippen LogP contribution < -0.4 is 14.4 Å². The van der Waals surface area contributed by atoms with E-state index in [0.29, 0.717) is 33.8 Å². The molecule has 4 rings (SSSR count). The highest BCUT2D eigenvalue weighted by atomic mass is 79.9. The molecule has 0 saturated carbocycles. The summed E-state index contributed by atoms with van der Waals surface area (Å²) in [6.45, 7) is 4.26. The first-order valence-electron chi connectivity index (χ1n) is 12.3. The fraction of sp³-hybridized carbons (Fsp3) is 0.233. The molecule has 1 fully saturated rings. The van der Waals surface area contributed by atoms with Crippen molar-refractivity contribution in [2.24, 2.45) is 0 Å². The van der Waals surface area contributed by atoms with Crippen LogP contribution in [0.1, 0.15) is 29.2 Å². The van der Waals surface area contributed by atoms with Crippen molar-refractivity contribution in [3.05, 3.63) is 93.1 Å². The van der Waals surface area contributed by atoms with Crippen LogP contribution in [0.15, 0.2) is 70.8 Å². The molecule has 1 saturated heterocycles. The monoisotopic (exact) mass is 608 g/mol. The van der Waals surface area contributed by atoms with Gasteiger partial charge in [0.05, 0.1) is 19.9 Å². The minimum Gasteiger partial charge on any atom is -0.493 e. The second-order valence-electron chi connectivity index (χ2n) is 8.93. The fourth-order valence-corrected chi connectivity index (χ4v) is 4.85. The summed E-state index contributed by atoms with van der Waals surface area (Å²) in [5, 5.41) is 0.196. The molecular formula is C30H29BrN2O5S. The van der Waals surface area contributed by atoms with Crippen LogP contribution in [-0.4, -0.2) is 42.7 Å². The number of halogens is 1. The molecule has 202 valence electrons. The average molecular weight is 610 g/mol. The zero-order valence-electron chi connectivity index (χ0n) is 22.2. The van der Waals surface area contributed by atoms with Gasteiger partial charge >= 0.3 is 5.97 Å². The number of amides is 1. The van der Waals surface area contributed by atoms with Gasteiger partial charge in [0.2, 0.25) is 0 Å². The molecule has 0 N–H and O–H groups in total. The van der Waals surface area contributed by atoms with Gasteiger partial charge in [0.25, 0.3) is 5.91 Å². The molecule has 0 radical (unpaired) electrons. The van der Waals surface area contributed by atoms with Gasteiger partial charge in [0.1, 0.15) is 18.8 Å². The van der Waals surface area contributed by atoms with E-state index in [1.807, 2.05) is 55.5 Å². The summed E-state index contributed by atoms with van der Waals surface area (Å²) >= 11 is 9.26. The molecule has 7 nitrogen and oxygen atoms in total. The minimum absolute atomic E-state index is 0.196. The second kappa shape index (κ2) is 12.4. The van der Waals surface area contributed by atoms with E-state index in [1.165, 1.54) is 22.5 Å². The van der Waals surface area contributed by atoms with Crippen LogP contribution in [0.2, 0.25) is 0 Å². The van der Waals surface area contributed by atoms with Gasteiger partial charge < -0.3 is 19.1 Å². The number of benzene rings is 3. The molecule has 3 aromatic rings. The van der Waals surface area contributed by atoms with E-state index in [9.17, 15) is 9.59 Å². The molecule has 0 aromatic heterocycles. The lowest BCUT2D eigenvalue weighted by atomic mass is 10.1. The Labute approximate surface area is 242 Å². The van der Waals surface area contributed by atoms with Crippen LogP contribution in [0, 0.1) is 6.92 Å². The Balaban J connectivity index is 1.68. The van der Waals surface area contributed by atoms with E-state index < -0.39 is 5.97 Å². The third-order valence-electron chi connectivity index (χ3n) is 6.34.